The molecule has 1 aromatic rings. The first-order chi connectivity index (χ1) is 7.88. The Morgan fingerprint density at radius 2 is 1.76 bits per heavy atom. The van der Waals surface area contributed by atoms with Crippen LogP contribution in [0.5, 0.6) is 0 Å². The lowest BCUT2D eigenvalue weighted by Gasteiger charge is -2.06. The van der Waals surface area contributed by atoms with Crippen LogP contribution in [0, 0.1) is 0 Å². The molecule has 0 spiro atoms. The number of hydrogen-bond donors (Lipinski definition) is 2. The Hall–Kier alpha value is -1.52. The van der Waals surface area contributed by atoms with Gasteiger partial charge in [0, 0.05) is 27.4 Å². The second kappa shape index (κ2) is 5.70. The normalized spacial score (nSPS) is 11.1. The summed E-state index contributed by atoms with van der Waals surface area (Å²) < 4.78 is 0. The van der Waals surface area contributed by atoms with E-state index >= 15 is 0 Å². The highest BCUT2D eigenvalue weighted by Crippen LogP contribution is 2.22. The number of carbonyl (C=O) groups excluding carboxylic acids is 1. The van der Waals surface area contributed by atoms with E-state index in [0.717, 1.165) is 6.08 Å². The number of hydrogen-bond acceptors (Lipinski definition) is 2. The number of halogens is 2. The molecule has 0 aliphatic carbocycles. The Balaban J connectivity index is 2.84. The third kappa shape index (κ3) is 4.46. The van der Waals surface area contributed by atoms with Crippen LogP contribution >= 0.6 is 23.2 Å². The molecule has 0 saturated heterocycles. The molecule has 0 aromatic heterocycles. The minimum atomic E-state index is -1.18. The molecule has 0 bridgehead atoms. The Morgan fingerprint density at radius 3 is 2.24 bits per heavy atom. The van der Waals surface area contributed by atoms with E-state index in [4.69, 9.17) is 28.3 Å². The van der Waals surface area contributed by atoms with Crippen LogP contribution in [0.25, 0.3) is 0 Å². The van der Waals surface area contributed by atoms with Crippen LogP contribution < -0.4 is 5.32 Å². The number of carboxylic acids is 1. The fourth-order valence-electron chi connectivity index (χ4n) is 1.11. The number of nitrogens with one attached hydrogen (secondary N) is 1. The molecule has 17 heavy (non-hydrogen) atoms. The Labute approximate surface area is 108 Å². The Morgan fingerprint density at radius 1 is 1.24 bits per heavy atom. The second-order valence-corrected chi connectivity index (χ2v) is 4.15. The van der Waals surface area contributed by atoms with Crippen molar-refractivity contribution >= 4 is 40.8 Å². The molecule has 0 aliphatic rings. The molecule has 0 unspecified atom stereocenters. The molecule has 0 saturated carbocycles. The molecule has 0 atom stereocenters. The molecular weight excluding hydrogens is 265 g/mol. The number of carbonyl (C=O) groups is 2. The smallest absolute Gasteiger partial charge is 0.328 e. The summed E-state index contributed by atoms with van der Waals surface area (Å²) in [6, 6.07) is 4.55. The molecule has 2 N–H and O–H groups in total. The topological polar surface area (TPSA) is 66.4 Å². The lowest BCUT2D eigenvalue weighted by atomic mass is 10.2. The van der Waals surface area contributed by atoms with Crippen LogP contribution in [0.15, 0.2) is 29.8 Å². The van der Waals surface area contributed by atoms with Crippen molar-refractivity contribution in [2.24, 2.45) is 0 Å². The summed E-state index contributed by atoms with van der Waals surface area (Å²) in [6.07, 6.45) is 0.821. The lowest BCUT2D eigenvalue weighted by molar-refractivity contribution is -0.131. The van der Waals surface area contributed by atoms with Crippen molar-refractivity contribution in [1.29, 1.82) is 0 Å². The fraction of sp³-hybridized carbons (Fsp3) is 0.0909. The van der Waals surface area contributed by atoms with Gasteiger partial charge in [0.15, 0.2) is 0 Å². The molecule has 0 radical (unpaired) electrons. The molecular formula is C11H9Cl2NO3. The number of aliphatic carboxylic acids is 1. The SMILES string of the molecule is CC(=CC(=O)O)C(=O)Nc1cc(Cl)cc(Cl)c1. The van der Waals surface area contributed by atoms with Crippen LogP contribution in [0.2, 0.25) is 10.0 Å². The van der Waals surface area contributed by atoms with E-state index in [1.807, 2.05) is 0 Å². The van der Waals surface area contributed by atoms with Gasteiger partial charge in [-0.2, -0.15) is 0 Å². The zero-order valence-electron chi connectivity index (χ0n) is 8.83. The van der Waals surface area contributed by atoms with E-state index in [1.165, 1.54) is 25.1 Å². The molecule has 0 aliphatic heterocycles. The predicted octanol–water partition coefficient (Wildman–Crippen LogP) is 2.96. The van der Waals surface area contributed by atoms with Crippen molar-refractivity contribution in [3.63, 3.8) is 0 Å². The van der Waals surface area contributed by atoms with Gasteiger partial charge in [0.25, 0.3) is 5.91 Å². The maximum Gasteiger partial charge on any atom is 0.328 e. The molecule has 0 heterocycles. The molecule has 90 valence electrons. The molecule has 0 fully saturated rings. The highest BCUT2D eigenvalue weighted by molar-refractivity contribution is 6.35. The maximum absolute atomic E-state index is 11.5. The van der Waals surface area contributed by atoms with Gasteiger partial charge in [-0.3, -0.25) is 4.79 Å². The predicted molar refractivity (Wildman–Crippen MR) is 66.5 cm³/mol. The first-order valence-corrected chi connectivity index (χ1v) is 5.33. The Bertz CT molecular complexity index is 477. The highest BCUT2D eigenvalue weighted by Gasteiger charge is 2.07. The van der Waals surface area contributed by atoms with Crippen LogP contribution in [0.4, 0.5) is 5.69 Å². The third-order valence-electron chi connectivity index (χ3n) is 1.82. The van der Waals surface area contributed by atoms with E-state index in [2.05, 4.69) is 5.32 Å². The van der Waals surface area contributed by atoms with E-state index in [0.29, 0.717) is 15.7 Å². The molecule has 1 rings (SSSR count). The van der Waals surface area contributed by atoms with E-state index in [-0.39, 0.29) is 5.57 Å². The number of amides is 1. The van der Waals surface area contributed by atoms with E-state index in [1.54, 1.807) is 0 Å². The first-order valence-electron chi connectivity index (χ1n) is 4.57. The van der Waals surface area contributed by atoms with E-state index < -0.39 is 11.9 Å². The van der Waals surface area contributed by atoms with Gasteiger partial charge >= 0.3 is 5.97 Å². The van der Waals surface area contributed by atoms with Crippen LogP contribution in [0.1, 0.15) is 6.92 Å². The summed E-state index contributed by atoms with van der Waals surface area (Å²) in [4.78, 5) is 21.9. The average molecular weight is 274 g/mol. The summed E-state index contributed by atoms with van der Waals surface area (Å²) in [6.45, 7) is 1.40. The highest BCUT2D eigenvalue weighted by atomic mass is 35.5. The van der Waals surface area contributed by atoms with Gasteiger partial charge in [-0.15, -0.1) is 0 Å². The molecule has 6 heteroatoms. The molecule has 1 aromatic carbocycles. The van der Waals surface area contributed by atoms with Gasteiger partial charge in [-0.05, 0) is 25.1 Å². The fourth-order valence-corrected chi connectivity index (χ4v) is 1.63. The standard InChI is InChI=1S/C11H9Cl2NO3/c1-6(2-10(15)16)11(17)14-9-4-7(12)3-8(13)5-9/h2-5H,1H3,(H,14,17)(H,15,16). The van der Waals surface area contributed by atoms with Crippen molar-refractivity contribution in [2.45, 2.75) is 6.92 Å². The van der Waals surface area contributed by atoms with Crippen molar-refractivity contribution in [3.05, 3.63) is 39.9 Å². The van der Waals surface area contributed by atoms with Crippen molar-refractivity contribution < 1.29 is 14.7 Å². The van der Waals surface area contributed by atoms with Gasteiger partial charge in [-0.1, -0.05) is 23.2 Å². The van der Waals surface area contributed by atoms with Gasteiger partial charge in [0.05, 0.1) is 0 Å². The van der Waals surface area contributed by atoms with Crippen LogP contribution in [-0.4, -0.2) is 17.0 Å². The Kier molecular flexibility index (Phi) is 4.54. The number of anilines is 1. The van der Waals surface area contributed by atoms with Crippen LogP contribution in [0.3, 0.4) is 0 Å². The van der Waals surface area contributed by atoms with Crippen molar-refractivity contribution in [3.8, 4) is 0 Å². The molecule has 4 nitrogen and oxygen atoms in total. The summed E-state index contributed by atoms with van der Waals surface area (Å²) in [5, 5.41) is 11.7. The van der Waals surface area contributed by atoms with Crippen LogP contribution in [-0.2, 0) is 9.59 Å². The summed E-state index contributed by atoms with van der Waals surface area (Å²) in [5.74, 6) is -1.70. The van der Waals surface area contributed by atoms with Gasteiger partial charge < -0.3 is 10.4 Å². The lowest BCUT2D eigenvalue weighted by Crippen LogP contribution is -2.13. The number of carboxylic acid groups (broad SMARTS) is 1. The second-order valence-electron chi connectivity index (χ2n) is 3.28. The monoisotopic (exact) mass is 273 g/mol. The third-order valence-corrected chi connectivity index (χ3v) is 2.25. The largest absolute Gasteiger partial charge is 0.478 e. The van der Waals surface area contributed by atoms with Crippen molar-refractivity contribution in [1.82, 2.24) is 0 Å². The average Bonchev–Trinajstić information content (AvgIpc) is 2.14. The summed E-state index contributed by atoms with van der Waals surface area (Å²) >= 11 is 11.5. The van der Waals surface area contributed by atoms with Gasteiger partial charge in [0.2, 0.25) is 0 Å². The summed E-state index contributed by atoms with van der Waals surface area (Å²) in [5.41, 5.74) is 0.485. The number of rotatable bonds is 3. The van der Waals surface area contributed by atoms with Gasteiger partial charge in [0.1, 0.15) is 0 Å². The van der Waals surface area contributed by atoms with Gasteiger partial charge in [-0.25, -0.2) is 4.79 Å². The maximum atomic E-state index is 11.5. The van der Waals surface area contributed by atoms with Crippen molar-refractivity contribution in [2.75, 3.05) is 5.32 Å². The zero-order chi connectivity index (χ0) is 13.0. The summed E-state index contributed by atoms with van der Waals surface area (Å²) in [7, 11) is 0. The molecule has 1 amide bonds. The zero-order valence-corrected chi connectivity index (χ0v) is 10.3. The minimum Gasteiger partial charge on any atom is -0.478 e. The first kappa shape index (κ1) is 13.5. The quantitative estimate of drug-likeness (QED) is 0.833. The van der Waals surface area contributed by atoms with E-state index in [9.17, 15) is 9.59 Å². The minimum absolute atomic E-state index is 0.0774. The number of benzene rings is 1.